The van der Waals surface area contributed by atoms with Gasteiger partial charge in [0, 0.05) is 6.20 Å². The van der Waals surface area contributed by atoms with E-state index in [4.69, 9.17) is 19.8 Å². The smallest absolute Gasteiger partial charge is 0.369 e. The molecular formula is C9H13N3O6S. The number of aliphatic hydroxyl groups is 1. The summed E-state index contributed by atoms with van der Waals surface area (Å²) in [5, 5.41) is 16.3. The molecule has 2 heterocycles. The monoisotopic (exact) mass is 291 g/mol. The van der Waals surface area contributed by atoms with Crippen molar-refractivity contribution < 1.29 is 22.8 Å². The predicted octanol–water partition coefficient (Wildman–Crippen LogP) is -1.55. The van der Waals surface area contributed by atoms with Gasteiger partial charge in [-0.25, -0.2) is 4.79 Å². The second kappa shape index (κ2) is 4.89. The van der Waals surface area contributed by atoms with Crippen molar-refractivity contribution in [3.8, 4) is 0 Å². The fraction of sp³-hybridized carbons (Fsp3) is 0.556. The lowest BCUT2D eigenvalue weighted by Crippen LogP contribution is -2.44. The molecule has 0 bridgehead atoms. The third-order valence-corrected chi connectivity index (χ3v) is 3.65. The van der Waals surface area contributed by atoms with E-state index in [9.17, 15) is 13.2 Å². The van der Waals surface area contributed by atoms with E-state index in [0.29, 0.717) is 12.8 Å². The molecule has 2 atom stereocenters. The first-order valence-corrected chi connectivity index (χ1v) is 6.87. The number of aliphatic hydroxyl groups excluding tert-OH is 1. The summed E-state index contributed by atoms with van der Waals surface area (Å²) in [6.45, 7) is -0.194. The Kier molecular flexibility index (Phi) is 3.58. The lowest BCUT2D eigenvalue weighted by molar-refractivity contribution is -0.0248. The van der Waals surface area contributed by atoms with Crippen LogP contribution in [0.3, 0.4) is 0 Å². The van der Waals surface area contributed by atoms with Gasteiger partial charge < -0.3 is 9.84 Å². The van der Waals surface area contributed by atoms with Crippen molar-refractivity contribution in [1.82, 2.24) is 8.54 Å². The lowest BCUT2D eigenvalue weighted by atomic mass is 10.2. The van der Waals surface area contributed by atoms with E-state index in [1.165, 1.54) is 6.20 Å². The van der Waals surface area contributed by atoms with Crippen molar-refractivity contribution in [3.05, 3.63) is 28.2 Å². The Hall–Kier alpha value is -1.49. The zero-order valence-corrected chi connectivity index (χ0v) is 10.6. The van der Waals surface area contributed by atoms with Crippen LogP contribution in [0.4, 0.5) is 0 Å². The number of aromatic nitrogens is 2. The van der Waals surface area contributed by atoms with Gasteiger partial charge in [-0.05, 0) is 18.9 Å². The molecule has 1 aromatic rings. The molecule has 9 nitrogen and oxygen atoms in total. The van der Waals surface area contributed by atoms with Crippen LogP contribution < -0.4 is 11.2 Å². The Morgan fingerprint density at radius 3 is 2.68 bits per heavy atom. The molecule has 0 spiro atoms. The number of nitrogens with one attached hydrogen (secondary N) is 1. The summed E-state index contributed by atoms with van der Waals surface area (Å²) in [6, 6.07) is 1.06. The minimum Gasteiger partial charge on any atom is -0.394 e. The molecule has 0 aliphatic carbocycles. The van der Waals surface area contributed by atoms with Gasteiger partial charge in [0.2, 0.25) is 0 Å². The molecule has 0 aromatic carbocycles. The second-order valence-electron chi connectivity index (χ2n) is 4.11. The van der Waals surface area contributed by atoms with E-state index in [2.05, 4.69) is 0 Å². The van der Waals surface area contributed by atoms with Crippen LogP contribution in [0.25, 0.3) is 0 Å². The van der Waals surface area contributed by atoms with E-state index in [-0.39, 0.29) is 10.6 Å². The molecule has 1 aliphatic rings. The SMILES string of the molecule is N=c1ccn([C@H]2CC[C@@H](CO)O2)c(=O)n1S(=O)(=O)O. The summed E-state index contributed by atoms with van der Waals surface area (Å²) in [7, 11) is -4.84. The molecule has 1 saturated heterocycles. The summed E-state index contributed by atoms with van der Waals surface area (Å²) in [5.74, 6) is 0. The zero-order valence-electron chi connectivity index (χ0n) is 9.76. The Morgan fingerprint density at radius 1 is 1.47 bits per heavy atom. The van der Waals surface area contributed by atoms with Crippen molar-refractivity contribution in [2.75, 3.05) is 6.61 Å². The highest BCUT2D eigenvalue weighted by molar-refractivity contribution is 7.84. The van der Waals surface area contributed by atoms with Gasteiger partial charge in [0.15, 0.2) is 0 Å². The molecule has 0 radical (unpaired) electrons. The van der Waals surface area contributed by atoms with E-state index in [1.54, 1.807) is 0 Å². The van der Waals surface area contributed by atoms with Crippen molar-refractivity contribution in [3.63, 3.8) is 0 Å². The van der Waals surface area contributed by atoms with Crippen LogP contribution in [0, 0.1) is 5.41 Å². The topological polar surface area (TPSA) is 135 Å². The molecule has 1 fully saturated rings. The zero-order chi connectivity index (χ0) is 14.2. The maximum atomic E-state index is 11.9. The van der Waals surface area contributed by atoms with Crippen LogP contribution in [-0.4, -0.2) is 39.3 Å². The number of ether oxygens (including phenoxy) is 1. The maximum absolute atomic E-state index is 11.9. The van der Waals surface area contributed by atoms with Crippen molar-refractivity contribution in [2.24, 2.45) is 0 Å². The van der Waals surface area contributed by atoms with Gasteiger partial charge in [-0.15, -0.1) is 3.97 Å². The van der Waals surface area contributed by atoms with Gasteiger partial charge in [-0.2, -0.15) is 8.42 Å². The highest BCUT2D eigenvalue weighted by atomic mass is 32.2. The van der Waals surface area contributed by atoms with Crippen LogP contribution in [0.2, 0.25) is 0 Å². The van der Waals surface area contributed by atoms with Gasteiger partial charge in [0.05, 0.1) is 12.7 Å². The van der Waals surface area contributed by atoms with Crippen LogP contribution >= 0.6 is 0 Å². The number of rotatable bonds is 3. The summed E-state index contributed by atoms with van der Waals surface area (Å²) in [6.07, 6.45) is 1.04. The molecule has 0 unspecified atom stereocenters. The highest BCUT2D eigenvalue weighted by Crippen LogP contribution is 2.26. The van der Waals surface area contributed by atoms with Crippen molar-refractivity contribution in [2.45, 2.75) is 25.2 Å². The van der Waals surface area contributed by atoms with Gasteiger partial charge in [0.25, 0.3) is 0 Å². The molecule has 10 heteroatoms. The molecule has 0 amide bonds. The molecular weight excluding hydrogens is 278 g/mol. The largest absolute Gasteiger partial charge is 0.394 e. The predicted molar refractivity (Wildman–Crippen MR) is 61.7 cm³/mol. The molecule has 2 rings (SSSR count). The fourth-order valence-electron chi connectivity index (χ4n) is 1.96. The number of hydrogen-bond acceptors (Lipinski definition) is 6. The molecule has 1 aliphatic heterocycles. The van der Waals surface area contributed by atoms with E-state index in [1.807, 2.05) is 0 Å². The third kappa shape index (κ3) is 2.61. The lowest BCUT2D eigenvalue weighted by Gasteiger charge is -2.15. The number of hydrogen-bond donors (Lipinski definition) is 3. The Labute approximate surface area is 108 Å². The molecule has 3 N–H and O–H groups in total. The van der Waals surface area contributed by atoms with Crippen molar-refractivity contribution >= 4 is 10.3 Å². The molecule has 0 saturated carbocycles. The Bertz CT molecular complexity index is 691. The first-order valence-electron chi connectivity index (χ1n) is 5.47. The van der Waals surface area contributed by atoms with Crippen LogP contribution in [0.1, 0.15) is 19.1 Å². The van der Waals surface area contributed by atoms with Gasteiger partial charge in [-0.3, -0.25) is 14.5 Å². The Balaban J connectivity index is 2.51. The number of nitrogens with zero attached hydrogens (tertiary/aromatic N) is 2. The normalized spacial score (nSPS) is 23.7. The average Bonchev–Trinajstić information content (AvgIpc) is 2.75. The minimum absolute atomic E-state index is 0.0252. The average molecular weight is 291 g/mol. The van der Waals surface area contributed by atoms with Gasteiger partial charge in [0.1, 0.15) is 11.7 Å². The van der Waals surface area contributed by atoms with Crippen LogP contribution in [-0.2, 0) is 15.0 Å². The van der Waals surface area contributed by atoms with Crippen LogP contribution in [0.5, 0.6) is 0 Å². The van der Waals surface area contributed by atoms with E-state index in [0.717, 1.165) is 10.6 Å². The third-order valence-electron chi connectivity index (χ3n) is 2.84. The highest BCUT2D eigenvalue weighted by Gasteiger charge is 2.28. The molecule has 1 aromatic heterocycles. The summed E-state index contributed by atoms with van der Waals surface area (Å²) in [4.78, 5) is 11.9. The maximum Gasteiger partial charge on any atom is 0.369 e. The quantitative estimate of drug-likeness (QED) is 0.577. The summed E-state index contributed by atoms with van der Waals surface area (Å²) < 4.78 is 37.4. The summed E-state index contributed by atoms with van der Waals surface area (Å²) >= 11 is 0. The van der Waals surface area contributed by atoms with Gasteiger partial charge >= 0.3 is 16.0 Å². The van der Waals surface area contributed by atoms with Crippen molar-refractivity contribution in [1.29, 1.82) is 5.41 Å². The molecule has 19 heavy (non-hydrogen) atoms. The first-order chi connectivity index (χ1) is 8.84. The standard InChI is InChI=1S/C9H13N3O6S/c10-7-3-4-11(8-2-1-6(5-13)18-8)9(14)12(7)19(15,16)17/h3-4,6,8,10,13H,1-2,5H2,(H,15,16,17)/t6-,8+/m0/s1. The second-order valence-corrected chi connectivity index (χ2v) is 5.37. The molecule has 106 valence electrons. The first kappa shape index (κ1) is 13.9. The van der Waals surface area contributed by atoms with Gasteiger partial charge in [-0.1, -0.05) is 0 Å². The van der Waals surface area contributed by atoms with E-state index < -0.39 is 33.8 Å². The Morgan fingerprint density at radius 2 is 2.16 bits per heavy atom. The van der Waals surface area contributed by atoms with Crippen LogP contribution in [0.15, 0.2) is 17.1 Å². The fourth-order valence-corrected chi connectivity index (χ4v) is 2.56. The summed E-state index contributed by atoms with van der Waals surface area (Å²) in [5.41, 5.74) is -1.74. The minimum atomic E-state index is -4.84. The van der Waals surface area contributed by atoms with E-state index >= 15 is 0 Å².